The lowest BCUT2D eigenvalue weighted by atomic mass is 10.0. The van der Waals surface area contributed by atoms with Crippen LogP contribution in [0.1, 0.15) is 51.4 Å². The summed E-state index contributed by atoms with van der Waals surface area (Å²) in [5.74, 6) is 0.291. The fraction of sp³-hybridized carbons (Fsp3) is 0.611. The Kier molecular flexibility index (Phi) is 8.09. The molecule has 0 fully saturated rings. The van der Waals surface area contributed by atoms with Crippen LogP contribution in [-0.4, -0.2) is 49.7 Å². The van der Waals surface area contributed by atoms with Crippen LogP contribution in [0.5, 0.6) is 0 Å². The number of sulfonamides is 1. The molecule has 0 bridgehead atoms. The quantitative estimate of drug-likeness (QED) is 0.623. The molecular weight excluding hydrogens is 404 g/mol. The lowest BCUT2D eigenvalue weighted by Crippen LogP contribution is -2.36. The van der Waals surface area contributed by atoms with Crippen LogP contribution in [0.15, 0.2) is 27.6 Å². The van der Waals surface area contributed by atoms with Crippen molar-refractivity contribution in [1.29, 1.82) is 0 Å². The molecular formula is C18H29BrN2O3S. The number of nitrogens with zero attached hydrogens (tertiary/aromatic N) is 2. The zero-order valence-electron chi connectivity index (χ0n) is 15.9. The lowest BCUT2D eigenvalue weighted by Gasteiger charge is -2.27. The molecule has 0 aliphatic heterocycles. The molecule has 1 amide bonds. The summed E-state index contributed by atoms with van der Waals surface area (Å²) in [4.78, 5) is 14.7. The molecule has 7 heteroatoms. The highest BCUT2D eigenvalue weighted by Gasteiger charge is 2.26. The van der Waals surface area contributed by atoms with Crippen LogP contribution in [0.2, 0.25) is 0 Å². The van der Waals surface area contributed by atoms with E-state index < -0.39 is 10.0 Å². The van der Waals surface area contributed by atoms with Gasteiger partial charge in [-0.05, 0) is 53.4 Å². The Morgan fingerprint density at radius 3 is 2.20 bits per heavy atom. The SMILES string of the molecule is CCN(CC)S(=O)(=O)c1ccc(Br)c(C(=O)N(C)C(C)CC(C)C)c1. The van der Waals surface area contributed by atoms with Gasteiger partial charge in [-0.1, -0.05) is 27.7 Å². The second-order valence-electron chi connectivity index (χ2n) is 6.63. The molecule has 0 saturated carbocycles. The second kappa shape index (κ2) is 9.14. The molecule has 0 saturated heterocycles. The zero-order chi connectivity index (χ0) is 19.4. The summed E-state index contributed by atoms with van der Waals surface area (Å²) < 4.78 is 27.4. The van der Waals surface area contributed by atoms with Gasteiger partial charge < -0.3 is 4.90 Å². The zero-order valence-corrected chi connectivity index (χ0v) is 18.3. The second-order valence-corrected chi connectivity index (χ2v) is 9.42. The average Bonchev–Trinajstić information content (AvgIpc) is 2.53. The number of hydrogen-bond acceptors (Lipinski definition) is 3. The van der Waals surface area contributed by atoms with Crippen molar-refractivity contribution in [2.24, 2.45) is 5.92 Å². The first-order valence-electron chi connectivity index (χ1n) is 8.63. The lowest BCUT2D eigenvalue weighted by molar-refractivity contribution is 0.0727. The standard InChI is InChI=1S/C18H29BrN2O3S/c1-7-21(8-2)25(23,24)15-9-10-17(19)16(12-15)18(22)20(6)14(5)11-13(3)4/h9-10,12-14H,7-8,11H2,1-6H3. The van der Waals surface area contributed by atoms with E-state index in [-0.39, 0.29) is 16.8 Å². The number of benzene rings is 1. The number of rotatable bonds is 8. The van der Waals surface area contributed by atoms with Crippen LogP contribution in [0.4, 0.5) is 0 Å². The molecule has 0 N–H and O–H groups in total. The molecule has 0 spiro atoms. The third kappa shape index (κ3) is 5.28. The third-order valence-corrected chi connectivity index (χ3v) is 7.04. The molecule has 5 nitrogen and oxygen atoms in total. The Labute approximate surface area is 160 Å². The molecule has 1 unspecified atom stereocenters. The fourth-order valence-electron chi connectivity index (χ4n) is 2.77. The van der Waals surface area contributed by atoms with Crippen LogP contribution < -0.4 is 0 Å². The highest BCUT2D eigenvalue weighted by atomic mass is 79.9. The molecule has 1 aromatic rings. The van der Waals surface area contributed by atoms with Crippen molar-refractivity contribution in [3.05, 3.63) is 28.2 Å². The van der Waals surface area contributed by atoms with Crippen LogP contribution in [0, 0.1) is 5.92 Å². The topological polar surface area (TPSA) is 57.7 Å². The van der Waals surface area contributed by atoms with E-state index in [2.05, 4.69) is 29.8 Å². The molecule has 1 atom stereocenters. The van der Waals surface area contributed by atoms with E-state index in [0.29, 0.717) is 29.0 Å². The summed E-state index contributed by atoms with van der Waals surface area (Å²) >= 11 is 3.38. The minimum atomic E-state index is -3.60. The maximum atomic E-state index is 12.9. The normalized spacial score (nSPS) is 13.3. The van der Waals surface area contributed by atoms with Gasteiger partial charge >= 0.3 is 0 Å². The van der Waals surface area contributed by atoms with Crippen molar-refractivity contribution < 1.29 is 13.2 Å². The largest absolute Gasteiger partial charge is 0.339 e. The van der Waals surface area contributed by atoms with Crippen molar-refractivity contribution >= 4 is 31.9 Å². The van der Waals surface area contributed by atoms with E-state index in [1.165, 1.54) is 16.4 Å². The summed E-state index contributed by atoms with van der Waals surface area (Å²) in [6.07, 6.45) is 0.886. The Balaban J connectivity index is 3.24. The van der Waals surface area contributed by atoms with Crippen molar-refractivity contribution in [1.82, 2.24) is 9.21 Å². The van der Waals surface area contributed by atoms with Crippen LogP contribution >= 0.6 is 15.9 Å². The molecule has 142 valence electrons. The van der Waals surface area contributed by atoms with Gasteiger partial charge in [0.25, 0.3) is 5.91 Å². The van der Waals surface area contributed by atoms with Gasteiger partial charge in [-0.15, -0.1) is 0 Å². The van der Waals surface area contributed by atoms with Gasteiger partial charge in [-0.25, -0.2) is 8.42 Å². The maximum Gasteiger partial charge on any atom is 0.255 e. The van der Waals surface area contributed by atoms with Crippen molar-refractivity contribution in [2.45, 2.75) is 52.0 Å². The molecule has 25 heavy (non-hydrogen) atoms. The van der Waals surface area contributed by atoms with Crippen molar-refractivity contribution in [3.8, 4) is 0 Å². The Hall–Kier alpha value is -0.920. The average molecular weight is 433 g/mol. The number of amides is 1. The van der Waals surface area contributed by atoms with E-state index in [1.54, 1.807) is 31.9 Å². The molecule has 0 aliphatic rings. The Morgan fingerprint density at radius 1 is 1.16 bits per heavy atom. The number of carbonyl (C=O) groups excluding carboxylic acids is 1. The smallest absolute Gasteiger partial charge is 0.255 e. The summed E-state index contributed by atoms with van der Waals surface area (Å²) in [7, 11) is -1.84. The van der Waals surface area contributed by atoms with Gasteiger partial charge in [-0.2, -0.15) is 4.31 Å². The summed E-state index contributed by atoms with van der Waals surface area (Å²) in [6, 6.07) is 4.71. The van der Waals surface area contributed by atoms with Crippen molar-refractivity contribution in [3.63, 3.8) is 0 Å². The molecule has 1 aromatic carbocycles. The molecule has 0 aliphatic carbocycles. The van der Waals surface area contributed by atoms with Crippen LogP contribution in [0.3, 0.4) is 0 Å². The van der Waals surface area contributed by atoms with Gasteiger partial charge in [0.05, 0.1) is 10.5 Å². The minimum Gasteiger partial charge on any atom is -0.339 e. The predicted molar refractivity (Wildman–Crippen MR) is 105 cm³/mol. The van der Waals surface area contributed by atoms with Gasteiger partial charge in [0, 0.05) is 30.7 Å². The summed E-state index contributed by atoms with van der Waals surface area (Å²) in [5.41, 5.74) is 0.367. The number of carbonyl (C=O) groups is 1. The van der Waals surface area contributed by atoms with Crippen LogP contribution in [-0.2, 0) is 10.0 Å². The van der Waals surface area contributed by atoms with E-state index in [0.717, 1.165) is 6.42 Å². The van der Waals surface area contributed by atoms with E-state index in [4.69, 9.17) is 0 Å². The number of halogens is 1. The van der Waals surface area contributed by atoms with Crippen LogP contribution in [0.25, 0.3) is 0 Å². The molecule has 0 radical (unpaired) electrons. The molecule has 1 rings (SSSR count). The third-order valence-electron chi connectivity index (χ3n) is 4.31. The predicted octanol–water partition coefficient (Wildman–Crippen LogP) is 3.99. The Morgan fingerprint density at radius 2 is 1.72 bits per heavy atom. The van der Waals surface area contributed by atoms with Gasteiger partial charge in [0.15, 0.2) is 0 Å². The molecule has 0 heterocycles. The van der Waals surface area contributed by atoms with Gasteiger partial charge in [-0.3, -0.25) is 4.79 Å². The van der Waals surface area contributed by atoms with Crippen molar-refractivity contribution in [2.75, 3.05) is 20.1 Å². The number of hydrogen-bond donors (Lipinski definition) is 0. The minimum absolute atomic E-state index is 0.0717. The van der Waals surface area contributed by atoms with Gasteiger partial charge in [0.1, 0.15) is 0 Å². The highest BCUT2D eigenvalue weighted by Crippen LogP contribution is 2.25. The summed E-state index contributed by atoms with van der Waals surface area (Å²) in [5, 5.41) is 0. The summed E-state index contributed by atoms with van der Waals surface area (Å²) in [6.45, 7) is 10.6. The fourth-order valence-corrected chi connectivity index (χ4v) is 4.67. The first-order valence-corrected chi connectivity index (χ1v) is 10.9. The van der Waals surface area contributed by atoms with E-state index >= 15 is 0 Å². The first kappa shape index (κ1) is 22.1. The highest BCUT2D eigenvalue weighted by molar-refractivity contribution is 9.10. The van der Waals surface area contributed by atoms with Gasteiger partial charge in [0.2, 0.25) is 10.0 Å². The van der Waals surface area contributed by atoms with E-state index in [9.17, 15) is 13.2 Å². The van der Waals surface area contributed by atoms with E-state index in [1.807, 2.05) is 6.92 Å². The monoisotopic (exact) mass is 432 g/mol. The molecule has 0 aromatic heterocycles. The maximum absolute atomic E-state index is 12.9. The Bertz CT molecular complexity index is 700. The first-order chi connectivity index (χ1) is 11.6.